The maximum atomic E-state index is 5.90. The molecule has 0 unspecified atom stereocenters. The summed E-state index contributed by atoms with van der Waals surface area (Å²) in [5, 5.41) is 0. The van der Waals surface area contributed by atoms with Gasteiger partial charge in [-0.3, -0.25) is 0 Å². The largest absolute Gasteiger partial charge is 0.398 e. The molecule has 1 aliphatic rings. The summed E-state index contributed by atoms with van der Waals surface area (Å²) in [6.07, 6.45) is 2.41. The van der Waals surface area contributed by atoms with Gasteiger partial charge in [-0.25, -0.2) is 0 Å². The number of ether oxygens (including phenoxy) is 1. The first-order valence-electron chi connectivity index (χ1n) is 5.83. The first-order valence-corrected chi connectivity index (χ1v) is 6.81. The van der Waals surface area contributed by atoms with E-state index in [-0.39, 0.29) is 0 Å². The summed E-state index contributed by atoms with van der Waals surface area (Å²) in [7, 11) is 0. The van der Waals surface area contributed by atoms with E-state index in [0.29, 0.717) is 0 Å². The number of rotatable bonds is 3. The van der Waals surface area contributed by atoms with Crippen molar-refractivity contribution in [1.29, 1.82) is 0 Å². The highest BCUT2D eigenvalue weighted by Crippen LogP contribution is 2.30. The topological polar surface area (TPSA) is 35.2 Å². The summed E-state index contributed by atoms with van der Waals surface area (Å²) in [6.45, 7) is 3.96. The number of hydrogen-bond donors (Lipinski definition) is 1. The van der Waals surface area contributed by atoms with Gasteiger partial charge >= 0.3 is 0 Å². The highest BCUT2D eigenvalue weighted by Gasteiger charge is 2.14. The first kappa shape index (κ1) is 11.8. The Kier molecular flexibility index (Phi) is 4.13. The number of hydrogen-bond acceptors (Lipinski definition) is 3. The van der Waals surface area contributed by atoms with E-state index in [4.69, 9.17) is 10.5 Å². The van der Waals surface area contributed by atoms with Gasteiger partial charge in [-0.05, 0) is 43.4 Å². The van der Waals surface area contributed by atoms with E-state index in [2.05, 4.69) is 13.0 Å². The molecule has 2 N–H and O–H groups in total. The average molecular weight is 237 g/mol. The lowest BCUT2D eigenvalue weighted by Gasteiger charge is -2.21. The van der Waals surface area contributed by atoms with E-state index in [0.717, 1.165) is 24.8 Å². The third-order valence-electron chi connectivity index (χ3n) is 3.14. The first-order chi connectivity index (χ1) is 7.77. The molecule has 2 rings (SSSR count). The smallest absolute Gasteiger partial charge is 0.0468 e. The van der Waals surface area contributed by atoms with Gasteiger partial charge in [-0.15, -0.1) is 11.8 Å². The molecule has 0 amide bonds. The Hall–Kier alpha value is -0.670. The molecular weight excluding hydrogens is 218 g/mol. The zero-order valence-electron chi connectivity index (χ0n) is 9.74. The molecule has 0 aromatic heterocycles. The molecule has 1 aromatic carbocycles. The van der Waals surface area contributed by atoms with Crippen molar-refractivity contribution in [3.63, 3.8) is 0 Å². The Bertz CT molecular complexity index is 348. The minimum absolute atomic E-state index is 0.805. The Morgan fingerprint density at radius 3 is 2.88 bits per heavy atom. The van der Waals surface area contributed by atoms with Gasteiger partial charge in [0.25, 0.3) is 0 Å². The van der Waals surface area contributed by atoms with Gasteiger partial charge in [0, 0.05) is 29.5 Å². The molecule has 0 radical (unpaired) electrons. The minimum Gasteiger partial charge on any atom is -0.398 e. The fraction of sp³-hybridized carbons (Fsp3) is 0.538. The zero-order chi connectivity index (χ0) is 11.4. The maximum absolute atomic E-state index is 5.90. The Balaban J connectivity index is 1.91. The summed E-state index contributed by atoms with van der Waals surface area (Å²) >= 11 is 1.93. The zero-order valence-corrected chi connectivity index (χ0v) is 10.6. The molecule has 1 saturated heterocycles. The normalized spacial score (nSPS) is 17.6. The van der Waals surface area contributed by atoms with Crippen LogP contribution in [0.25, 0.3) is 0 Å². The van der Waals surface area contributed by atoms with Gasteiger partial charge in [0.05, 0.1) is 0 Å². The highest BCUT2D eigenvalue weighted by molar-refractivity contribution is 7.99. The van der Waals surface area contributed by atoms with Gasteiger partial charge in [0.2, 0.25) is 0 Å². The van der Waals surface area contributed by atoms with Crippen LogP contribution in [0.4, 0.5) is 5.69 Å². The van der Waals surface area contributed by atoms with Crippen LogP contribution in [0.2, 0.25) is 0 Å². The van der Waals surface area contributed by atoms with Crippen molar-refractivity contribution in [2.24, 2.45) is 5.92 Å². The molecule has 16 heavy (non-hydrogen) atoms. The second-order valence-electron chi connectivity index (χ2n) is 4.34. The van der Waals surface area contributed by atoms with Crippen LogP contribution >= 0.6 is 11.8 Å². The van der Waals surface area contributed by atoms with E-state index < -0.39 is 0 Å². The molecular formula is C13H19NOS. The molecule has 1 fully saturated rings. The molecule has 0 saturated carbocycles. The highest BCUT2D eigenvalue weighted by atomic mass is 32.2. The van der Waals surface area contributed by atoms with Crippen LogP contribution < -0.4 is 5.73 Å². The fourth-order valence-electron chi connectivity index (χ4n) is 1.91. The number of benzene rings is 1. The molecule has 0 spiro atoms. The van der Waals surface area contributed by atoms with Crippen LogP contribution in [-0.2, 0) is 4.74 Å². The molecule has 1 aromatic rings. The van der Waals surface area contributed by atoms with Crippen LogP contribution in [0.1, 0.15) is 18.4 Å². The van der Waals surface area contributed by atoms with Crippen LogP contribution in [0, 0.1) is 12.8 Å². The SMILES string of the molecule is Cc1c(N)cccc1SCC1CCOCC1. The van der Waals surface area contributed by atoms with E-state index >= 15 is 0 Å². The third-order valence-corrected chi connectivity index (χ3v) is 4.53. The summed E-state index contributed by atoms with van der Waals surface area (Å²) in [5.74, 6) is 1.99. The molecule has 2 nitrogen and oxygen atoms in total. The van der Waals surface area contributed by atoms with E-state index in [1.165, 1.54) is 29.1 Å². The van der Waals surface area contributed by atoms with E-state index in [9.17, 15) is 0 Å². The van der Waals surface area contributed by atoms with Crippen LogP contribution in [0.3, 0.4) is 0 Å². The van der Waals surface area contributed by atoms with Crippen molar-refractivity contribution in [2.75, 3.05) is 24.7 Å². The van der Waals surface area contributed by atoms with Crippen LogP contribution in [-0.4, -0.2) is 19.0 Å². The molecule has 0 atom stereocenters. The maximum Gasteiger partial charge on any atom is 0.0468 e. The summed E-state index contributed by atoms with van der Waals surface area (Å²) in [5.41, 5.74) is 8.02. The van der Waals surface area contributed by atoms with Crippen molar-refractivity contribution in [2.45, 2.75) is 24.7 Å². The van der Waals surface area contributed by atoms with E-state index in [1.54, 1.807) is 0 Å². The number of nitrogen functional groups attached to an aromatic ring is 1. The molecule has 1 heterocycles. The van der Waals surface area contributed by atoms with Crippen molar-refractivity contribution < 1.29 is 4.74 Å². The second kappa shape index (κ2) is 5.60. The van der Waals surface area contributed by atoms with Crippen molar-refractivity contribution in [1.82, 2.24) is 0 Å². The van der Waals surface area contributed by atoms with E-state index in [1.807, 2.05) is 23.9 Å². The average Bonchev–Trinajstić information content (AvgIpc) is 2.32. The molecule has 0 bridgehead atoms. The summed E-state index contributed by atoms with van der Waals surface area (Å²) < 4.78 is 5.37. The predicted octanol–water partition coefficient (Wildman–Crippen LogP) is 3.10. The predicted molar refractivity (Wildman–Crippen MR) is 69.9 cm³/mol. The quantitative estimate of drug-likeness (QED) is 0.648. The van der Waals surface area contributed by atoms with Crippen LogP contribution in [0.5, 0.6) is 0 Å². The molecule has 88 valence electrons. The monoisotopic (exact) mass is 237 g/mol. The number of anilines is 1. The second-order valence-corrected chi connectivity index (χ2v) is 5.40. The van der Waals surface area contributed by atoms with Crippen molar-refractivity contribution >= 4 is 17.4 Å². The number of thioether (sulfide) groups is 1. The Labute approximate surface area is 102 Å². The standard InChI is InChI=1S/C13H19NOS/c1-10-12(14)3-2-4-13(10)16-9-11-5-7-15-8-6-11/h2-4,11H,5-9,14H2,1H3. The Morgan fingerprint density at radius 1 is 1.38 bits per heavy atom. The lowest BCUT2D eigenvalue weighted by molar-refractivity contribution is 0.0728. The van der Waals surface area contributed by atoms with Crippen LogP contribution in [0.15, 0.2) is 23.1 Å². The van der Waals surface area contributed by atoms with Gasteiger partial charge < -0.3 is 10.5 Å². The van der Waals surface area contributed by atoms with Gasteiger partial charge in [-0.2, -0.15) is 0 Å². The van der Waals surface area contributed by atoms with Crippen molar-refractivity contribution in [3.05, 3.63) is 23.8 Å². The van der Waals surface area contributed by atoms with Crippen molar-refractivity contribution in [3.8, 4) is 0 Å². The lowest BCUT2D eigenvalue weighted by Crippen LogP contribution is -2.17. The molecule has 1 aliphatic heterocycles. The Morgan fingerprint density at radius 2 is 2.12 bits per heavy atom. The molecule has 3 heteroatoms. The van der Waals surface area contributed by atoms with Gasteiger partial charge in [-0.1, -0.05) is 6.07 Å². The third kappa shape index (κ3) is 2.92. The fourth-order valence-corrected chi connectivity index (χ4v) is 3.17. The molecule has 0 aliphatic carbocycles. The van der Waals surface area contributed by atoms with Gasteiger partial charge in [0.1, 0.15) is 0 Å². The number of nitrogens with two attached hydrogens (primary N) is 1. The summed E-state index contributed by atoms with van der Waals surface area (Å²) in [6, 6.07) is 6.16. The minimum atomic E-state index is 0.805. The summed E-state index contributed by atoms with van der Waals surface area (Å²) in [4.78, 5) is 1.33. The lowest BCUT2D eigenvalue weighted by atomic mass is 10.0. The van der Waals surface area contributed by atoms with Gasteiger partial charge in [0.15, 0.2) is 0 Å².